The van der Waals surface area contributed by atoms with Crippen LogP contribution in [0.4, 0.5) is 10.1 Å². The molecule has 1 aromatic heterocycles. The number of benzene rings is 2. The molecule has 0 spiro atoms. The zero-order chi connectivity index (χ0) is 16.9. The van der Waals surface area contributed by atoms with Crippen molar-refractivity contribution in [2.24, 2.45) is 0 Å². The Morgan fingerprint density at radius 1 is 1.21 bits per heavy atom. The molecule has 1 N–H and O–H groups in total. The summed E-state index contributed by atoms with van der Waals surface area (Å²) in [6.07, 6.45) is 0. The number of rotatable bonds is 5. The van der Waals surface area contributed by atoms with E-state index in [1.165, 1.54) is 12.1 Å². The molecule has 0 bridgehead atoms. The largest absolute Gasteiger partial charge is 0.411 e. The van der Waals surface area contributed by atoms with Crippen LogP contribution in [0.1, 0.15) is 0 Å². The van der Waals surface area contributed by atoms with Crippen molar-refractivity contribution >= 4 is 45.9 Å². The number of nitrogens with zero attached hydrogens (tertiary/aromatic N) is 2. The standard InChI is InChI=1S/C16H11FIN3O2S/c17-11-6-4-10(5-7-11)15-20-21-16(23-15)24-9-14(22)19-13-3-1-2-12(18)8-13/h1-8H,9H2,(H,19,22). The average Bonchev–Trinajstić information content (AvgIpc) is 3.03. The van der Waals surface area contributed by atoms with Crippen LogP contribution in [0.5, 0.6) is 0 Å². The van der Waals surface area contributed by atoms with E-state index in [4.69, 9.17) is 4.42 Å². The first kappa shape index (κ1) is 16.9. The molecule has 0 saturated carbocycles. The van der Waals surface area contributed by atoms with Crippen LogP contribution in [0.15, 0.2) is 58.2 Å². The van der Waals surface area contributed by atoms with Gasteiger partial charge in [-0.1, -0.05) is 17.8 Å². The number of anilines is 1. The highest BCUT2D eigenvalue weighted by Crippen LogP contribution is 2.23. The van der Waals surface area contributed by atoms with E-state index in [0.29, 0.717) is 5.56 Å². The first-order chi connectivity index (χ1) is 11.6. The second-order valence-corrected chi connectivity index (χ2v) is 6.90. The van der Waals surface area contributed by atoms with Crippen molar-refractivity contribution in [1.29, 1.82) is 0 Å². The smallest absolute Gasteiger partial charge is 0.277 e. The fourth-order valence-corrected chi connectivity index (χ4v) is 2.97. The first-order valence-corrected chi connectivity index (χ1v) is 8.94. The highest BCUT2D eigenvalue weighted by atomic mass is 127. The number of aromatic nitrogens is 2. The minimum atomic E-state index is -0.333. The van der Waals surface area contributed by atoms with E-state index in [1.54, 1.807) is 12.1 Å². The molecule has 0 aliphatic carbocycles. The third-order valence-electron chi connectivity index (χ3n) is 2.93. The molecule has 122 valence electrons. The summed E-state index contributed by atoms with van der Waals surface area (Å²) < 4.78 is 19.4. The Morgan fingerprint density at radius 2 is 2.00 bits per heavy atom. The number of halogens is 2. The maximum Gasteiger partial charge on any atom is 0.277 e. The SMILES string of the molecule is O=C(CSc1nnc(-c2ccc(F)cc2)o1)Nc1cccc(I)c1. The first-order valence-electron chi connectivity index (χ1n) is 6.88. The predicted molar refractivity (Wildman–Crippen MR) is 98.2 cm³/mol. The lowest BCUT2D eigenvalue weighted by atomic mass is 10.2. The van der Waals surface area contributed by atoms with E-state index in [1.807, 2.05) is 24.3 Å². The number of carbonyl (C=O) groups excluding carboxylic acids is 1. The molecular formula is C16H11FIN3O2S. The molecule has 0 radical (unpaired) electrons. The van der Waals surface area contributed by atoms with Crippen LogP contribution in [0.3, 0.4) is 0 Å². The zero-order valence-electron chi connectivity index (χ0n) is 12.2. The molecular weight excluding hydrogens is 444 g/mol. The summed E-state index contributed by atoms with van der Waals surface area (Å²) in [5.41, 5.74) is 1.36. The molecule has 8 heteroatoms. The van der Waals surface area contributed by atoms with Crippen LogP contribution in [0, 0.1) is 9.39 Å². The minimum absolute atomic E-state index is 0.149. The fraction of sp³-hybridized carbons (Fsp3) is 0.0625. The van der Waals surface area contributed by atoms with Crippen LogP contribution in [-0.2, 0) is 4.79 Å². The van der Waals surface area contributed by atoms with E-state index in [-0.39, 0.29) is 28.6 Å². The van der Waals surface area contributed by atoms with E-state index in [9.17, 15) is 9.18 Å². The maximum atomic E-state index is 12.9. The number of carbonyl (C=O) groups is 1. The molecule has 1 heterocycles. The molecule has 3 rings (SSSR count). The number of amides is 1. The van der Waals surface area contributed by atoms with Gasteiger partial charge in [0.1, 0.15) is 5.82 Å². The van der Waals surface area contributed by atoms with E-state index in [0.717, 1.165) is 21.0 Å². The summed E-state index contributed by atoms with van der Waals surface area (Å²) in [5.74, 6) is -0.0598. The number of hydrogen-bond donors (Lipinski definition) is 1. The molecule has 0 aliphatic rings. The number of nitrogens with one attached hydrogen (secondary N) is 1. The molecule has 0 aliphatic heterocycles. The topological polar surface area (TPSA) is 68.0 Å². The van der Waals surface area contributed by atoms with Gasteiger partial charge in [0.2, 0.25) is 11.8 Å². The summed E-state index contributed by atoms with van der Waals surface area (Å²) >= 11 is 3.32. The van der Waals surface area contributed by atoms with Gasteiger partial charge in [-0.25, -0.2) is 4.39 Å². The second kappa shape index (κ2) is 7.75. The van der Waals surface area contributed by atoms with Crippen LogP contribution in [0.2, 0.25) is 0 Å². The maximum absolute atomic E-state index is 12.9. The normalized spacial score (nSPS) is 10.6. The van der Waals surface area contributed by atoms with Crippen LogP contribution in [-0.4, -0.2) is 21.9 Å². The van der Waals surface area contributed by atoms with Crippen molar-refractivity contribution in [2.45, 2.75) is 5.22 Å². The average molecular weight is 455 g/mol. The molecule has 0 fully saturated rings. The summed E-state index contributed by atoms with van der Waals surface area (Å²) in [6, 6.07) is 13.3. The van der Waals surface area contributed by atoms with Gasteiger partial charge in [-0.15, -0.1) is 10.2 Å². The molecule has 0 unspecified atom stereocenters. The van der Waals surface area contributed by atoms with Crippen LogP contribution >= 0.6 is 34.4 Å². The molecule has 0 atom stereocenters. The third kappa shape index (κ3) is 4.54. The Bertz CT molecular complexity index is 855. The second-order valence-electron chi connectivity index (χ2n) is 4.73. The van der Waals surface area contributed by atoms with Crippen molar-refractivity contribution in [2.75, 3.05) is 11.1 Å². The Morgan fingerprint density at radius 3 is 2.75 bits per heavy atom. The molecule has 1 amide bonds. The molecule has 5 nitrogen and oxygen atoms in total. The predicted octanol–water partition coefficient (Wildman–Crippen LogP) is 4.21. The van der Waals surface area contributed by atoms with Gasteiger partial charge >= 0.3 is 0 Å². The summed E-state index contributed by atoms with van der Waals surface area (Å²) in [4.78, 5) is 11.9. The molecule has 0 saturated heterocycles. The van der Waals surface area contributed by atoms with Crippen molar-refractivity contribution in [3.05, 3.63) is 57.9 Å². The van der Waals surface area contributed by atoms with Gasteiger partial charge in [-0.3, -0.25) is 4.79 Å². The Balaban J connectivity index is 1.57. The Kier molecular flexibility index (Phi) is 5.46. The Labute approximate surface area is 155 Å². The third-order valence-corrected chi connectivity index (χ3v) is 4.42. The van der Waals surface area contributed by atoms with Crippen molar-refractivity contribution in [3.8, 4) is 11.5 Å². The van der Waals surface area contributed by atoms with Gasteiger partial charge in [0.05, 0.1) is 5.75 Å². The van der Waals surface area contributed by atoms with Crippen LogP contribution in [0.25, 0.3) is 11.5 Å². The van der Waals surface area contributed by atoms with E-state index in [2.05, 4.69) is 38.1 Å². The monoisotopic (exact) mass is 455 g/mol. The van der Waals surface area contributed by atoms with Crippen LogP contribution < -0.4 is 5.32 Å². The summed E-state index contributed by atoms with van der Waals surface area (Å²) in [6.45, 7) is 0. The van der Waals surface area contributed by atoms with Gasteiger partial charge in [0.25, 0.3) is 5.22 Å². The van der Waals surface area contributed by atoms with E-state index >= 15 is 0 Å². The van der Waals surface area contributed by atoms with Gasteiger partial charge in [-0.05, 0) is 65.1 Å². The lowest BCUT2D eigenvalue weighted by Crippen LogP contribution is -2.13. The van der Waals surface area contributed by atoms with Gasteiger partial charge in [0, 0.05) is 14.8 Å². The lowest BCUT2D eigenvalue weighted by molar-refractivity contribution is -0.113. The van der Waals surface area contributed by atoms with Gasteiger partial charge < -0.3 is 9.73 Å². The number of hydrogen-bond acceptors (Lipinski definition) is 5. The van der Waals surface area contributed by atoms with Crippen molar-refractivity contribution < 1.29 is 13.6 Å². The quantitative estimate of drug-likeness (QED) is 0.461. The lowest BCUT2D eigenvalue weighted by Gasteiger charge is -2.04. The highest BCUT2D eigenvalue weighted by molar-refractivity contribution is 14.1. The molecule has 3 aromatic rings. The minimum Gasteiger partial charge on any atom is -0.411 e. The fourth-order valence-electron chi connectivity index (χ4n) is 1.87. The van der Waals surface area contributed by atoms with Crippen molar-refractivity contribution in [3.63, 3.8) is 0 Å². The summed E-state index contributed by atoms with van der Waals surface area (Å²) in [5, 5.41) is 10.9. The van der Waals surface area contributed by atoms with Crippen molar-refractivity contribution in [1.82, 2.24) is 10.2 Å². The van der Waals surface area contributed by atoms with E-state index < -0.39 is 0 Å². The molecule has 24 heavy (non-hydrogen) atoms. The van der Waals surface area contributed by atoms with Gasteiger partial charge in [0.15, 0.2) is 0 Å². The Hall–Kier alpha value is -1.94. The highest BCUT2D eigenvalue weighted by Gasteiger charge is 2.11. The number of thioether (sulfide) groups is 1. The molecule has 2 aromatic carbocycles. The zero-order valence-corrected chi connectivity index (χ0v) is 15.2. The van der Waals surface area contributed by atoms with Gasteiger partial charge in [-0.2, -0.15) is 0 Å². The summed E-state index contributed by atoms with van der Waals surface area (Å²) in [7, 11) is 0.